The summed E-state index contributed by atoms with van der Waals surface area (Å²) in [6, 6.07) is 5.39. The second-order valence-electron chi connectivity index (χ2n) is 4.73. The van der Waals surface area contributed by atoms with Crippen LogP contribution in [0.5, 0.6) is 0 Å². The molecule has 16 heavy (non-hydrogen) atoms. The number of hydrogen-bond acceptors (Lipinski definition) is 1. The Morgan fingerprint density at radius 1 is 1.25 bits per heavy atom. The summed E-state index contributed by atoms with van der Waals surface area (Å²) in [5.74, 6) is 0.482. The fraction of sp³-hybridized carbons (Fsp3) is 0.538. The molecule has 0 heterocycles. The molecular weight excluding hydrogens is 225 g/mol. The first-order chi connectivity index (χ1) is 7.65. The lowest BCUT2D eigenvalue weighted by molar-refractivity contribution is 0.361. The van der Waals surface area contributed by atoms with E-state index in [1.807, 2.05) is 6.07 Å². The van der Waals surface area contributed by atoms with Crippen LogP contribution in [0.25, 0.3) is 0 Å². The normalized spacial score (nSPS) is 25.4. The van der Waals surface area contributed by atoms with Gasteiger partial charge in [-0.3, -0.25) is 0 Å². The minimum absolute atomic E-state index is 0.183. The van der Waals surface area contributed by atoms with Crippen molar-refractivity contribution in [2.24, 2.45) is 5.92 Å². The van der Waals surface area contributed by atoms with Gasteiger partial charge in [-0.25, -0.2) is 4.39 Å². The van der Waals surface area contributed by atoms with Gasteiger partial charge in [0.15, 0.2) is 0 Å². The quantitative estimate of drug-likeness (QED) is 0.806. The topological polar surface area (TPSA) is 12.0 Å². The Labute approximate surface area is 101 Å². The smallest absolute Gasteiger partial charge is 0.143 e. The van der Waals surface area contributed by atoms with Crippen LogP contribution in [0.2, 0.25) is 5.02 Å². The van der Waals surface area contributed by atoms with Gasteiger partial charge in [-0.1, -0.05) is 18.5 Å². The van der Waals surface area contributed by atoms with Gasteiger partial charge < -0.3 is 5.32 Å². The zero-order valence-electron chi connectivity index (χ0n) is 9.47. The SMILES string of the molecule is CC1CCC(Nc2ccc(Cl)c(F)c2)CC1. The van der Waals surface area contributed by atoms with E-state index >= 15 is 0 Å². The first-order valence-corrected chi connectivity index (χ1v) is 6.24. The number of hydrogen-bond donors (Lipinski definition) is 1. The van der Waals surface area contributed by atoms with Crippen molar-refractivity contribution in [2.75, 3.05) is 5.32 Å². The second kappa shape index (κ2) is 5.05. The van der Waals surface area contributed by atoms with Crippen molar-refractivity contribution in [3.05, 3.63) is 29.0 Å². The van der Waals surface area contributed by atoms with Gasteiger partial charge >= 0.3 is 0 Å². The van der Waals surface area contributed by atoms with Gasteiger partial charge in [0, 0.05) is 11.7 Å². The fourth-order valence-corrected chi connectivity index (χ4v) is 2.34. The Morgan fingerprint density at radius 3 is 2.56 bits per heavy atom. The van der Waals surface area contributed by atoms with Crippen molar-refractivity contribution in [1.29, 1.82) is 0 Å². The summed E-state index contributed by atoms with van der Waals surface area (Å²) >= 11 is 5.64. The Kier molecular flexibility index (Phi) is 3.70. The molecule has 0 bridgehead atoms. The summed E-state index contributed by atoms with van der Waals surface area (Å²) in [4.78, 5) is 0. The molecule has 0 amide bonds. The highest BCUT2D eigenvalue weighted by Gasteiger charge is 2.17. The second-order valence-corrected chi connectivity index (χ2v) is 5.14. The number of benzene rings is 1. The van der Waals surface area contributed by atoms with Crippen LogP contribution in [0.1, 0.15) is 32.6 Å². The third kappa shape index (κ3) is 2.88. The molecule has 88 valence electrons. The maximum Gasteiger partial charge on any atom is 0.143 e. The maximum absolute atomic E-state index is 13.2. The molecule has 1 aromatic rings. The predicted molar refractivity (Wildman–Crippen MR) is 66.5 cm³/mol. The molecular formula is C13H17ClFN. The third-order valence-corrected chi connectivity index (χ3v) is 3.61. The summed E-state index contributed by atoms with van der Waals surface area (Å²) in [6.07, 6.45) is 4.86. The molecule has 2 rings (SSSR count). The van der Waals surface area contributed by atoms with E-state index in [4.69, 9.17) is 11.6 Å². The molecule has 0 radical (unpaired) electrons. The van der Waals surface area contributed by atoms with Crippen molar-refractivity contribution in [2.45, 2.75) is 38.6 Å². The van der Waals surface area contributed by atoms with Crippen LogP contribution in [-0.2, 0) is 0 Å². The molecule has 1 saturated carbocycles. The molecule has 1 fully saturated rings. The molecule has 1 aliphatic carbocycles. The Balaban J connectivity index is 1.96. The minimum Gasteiger partial charge on any atom is -0.382 e. The maximum atomic E-state index is 13.2. The molecule has 0 unspecified atom stereocenters. The van der Waals surface area contributed by atoms with E-state index in [2.05, 4.69) is 12.2 Å². The summed E-state index contributed by atoms with van der Waals surface area (Å²) in [5.41, 5.74) is 0.835. The average Bonchev–Trinajstić information content (AvgIpc) is 2.27. The minimum atomic E-state index is -0.351. The predicted octanol–water partition coefficient (Wildman–Crippen LogP) is 4.47. The van der Waals surface area contributed by atoms with Crippen LogP contribution < -0.4 is 5.32 Å². The monoisotopic (exact) mass is 241 g/mol. The van der Waals surface area contributed by atoms with Crippen molar-refractivity contribution in [1.82, 2.24) is 0 Å². The van der Waals surface area contributed by atoms with Crippen LogP contribution in [-0.4, -0.2) is 6.04 Å². The van der Waals surface area contributed by atoms with Crippen LogP contribution >= 0.6 is 11.6 Å². The molecule has 0 spiro atoms. The van der Waals surface area contributed by atoms with Crippen molar-refractivity contribution in [3.8, 4) is 0 Å². The lowest BCUT2D eigenvalue weighted by Crippen LogP contribution is -2.25. The Hall–Kier alpha value is -0.760. The van der Waals surface area contributed by atoms with Gasteiger partial charge in [-0.15, -0.1) is 0 Å². The van der Waals surface area contributed by atoms with E-state index in [0.717, 1.165) is 11.6 Å². The van der Waals surface area contributed by atoms with Crippen LogP contribution in [0.3, 0.4) is 0 Å². The largest absolute Gasteiger partial charge is 0.382 e. The van der Waals surface area contributed by atoms with Crippen LogP contribution in [0.4, 0.5) is 10.1 Å². The lowest BCUT2D eigenvalue weighted by Gasteiger charge is -2.27. The van der Waals surface area contributed by atoms with Gasteiger partial charge in [0.05, 0.1) is 5.02 Å². The zero-order chi connectivity index (χ0) is 11.5. The standard InChI is InChI=1S/C13H17ClFN/c1-9-2-4-10(5-3-9)16-11-6-7-12(14)13(15)8-11/h6-10,16H,2-5H2,1H3. The van der Waals surface area contributed by atoms with Crippen molar-refractivity contribution < 1.29 is 4.39 Å². The van der Waals surface area contributed by atoms with Crippen LogP contribution in [0.15, 0.2) is 18.2 Å². The number of nitrogens with one attached hydrogen (secondary N) is 1. The molecule has 1 nitrogen and oxygen atoms in total. The average molecular weight is 242 g/mol. The number of halogens is 2. The van der Waals surface area contributed by atoms with Gasteiger partial charge in [0.25, 0.3) is 0 Å². The van der Waals surface area contributed by atoms with Gasteiger partial charge in [0.1, 0.15) is 5.82 Å². The van der Waals surface area contributed by atoms with Crippen molar-refractivity contribution >= 4 is 17.3 Å². The number of anilines is 1. The Bertz CT molecular complexity index is 359. The molecule has 1 aliphatic rings. The summed E-state index contributed by atoms with van der Waals surface area (Å²) < 4.78 is 13.2. The highest BCUT2D eigenvalue weighted by Crippen LogP contribution is 2.27. The number of rotatable bonds is 2. The van der Waals surface area contributed by atoms with Gasteiger partial charge in [-0.05, 0) is 49.8 Å². The highest BCUT2D eigenvalue weighted by atomic mass is 35.5. The summed E-state index contributed by atoms with van der Waals surface area (Å²) in [5, 5.41) is 3.55. The van der Waals surface area contributed by atoms with E-state index in [0.29, 0.717) is 6.04 Å². The third-order valence-electron chi connectivity index (χ3n) is 3.31. The first kappa shape index (κ1) is 11.7. The van der Waals surface area contributed by atoms with Crippen molar-refractivity contribution in [3.63, 3.8) is 0 Å². The molecule has 0 aromatic heterocycles. The molecule has 1 N–H and O–H groups in total. The Morgan fingerprint density at radius 2 is 1.94 bits per heavy atom. The molecule has 1 aromatic carbocycles. The highest BCUT2D eigenvalue weighted by molar-refractivity contribution is 6.30. The van der Waals surface area contributed by atoms with Gasteiger partial charge in [-0.2, -0.15) is 0 Å². The van der Waals surface area contributed by atoms with Crippen LogP contribution in [0, 0.1) is 11.7 Å². The zero-order valence-corrected chi connectivity index (χ0v) is 10.2. The van der Waals surface area contributed by atoms with E-state index in [1.165, 1.54) is 31.7 Å². The van der Waals surface area contributed by atoms with E-state index < -0.39 is 0 Å². The van der Waals surface area contributed by atoms with Gasteiger partial charge in [0.2, 0.25) is 0 Å². The molecule has 0 atom stereocenters. The van der Waals surface area contributed by atoms with E-state index in [9.17, 15) is 4.39 Å². The lowest BCUT2D eigenvalue weighted by atomic mass is 9.87. The van der Waals surface area contributed by atoms with E-state index in [1.54, 1.807) is 6.07 Å². The molecule has 0 aliphatic heterocycles. The summed E-state index contributed by atoms with van der Waals surface area (Å²) in [7, 11) is 0. The molecule has 3 heteroatoms. The fourth-order valence-electron chi connectivity index (χ4n) is 2.23. The first-order valence-electron chi connectivity index (χ1n) is 5.87. The summed E-state index contributed by atoms with van der Waals surface area (Å²) in [6.45, 7) is 2.29. The van der Waals surface area contributed by atoms with E-state index in [-0.39, 0.29) is 10.8 Å². The molecule has 0 saturated heterocycles.